The van der Waals surface area contributed by atoms with Crippen LogP contribution in [0.2, 0.25) is 0 Å². The number of anilines is 1. The largest absolute Gasteiger partial charge is 0.441 e. The van der Waals surface area contributed by atoms with Crippen molar-refractivity contribution in [1.29, 1.82) is 0 Å². The van der Waals surface area contributed by atoms with Gasteiger partial charge in [0.15, 0.2) is 0 Å². The Morgan fingerprint density at radius 1 is 1.25 bits per heavy atom. The lowest BCUT2D eigenvalue weighted by atomic mass is 10.2. The average Bonchev–Trinajstić information content (AvgIpc) is 2.91. The van der Waals surface area contributed by atoms with E-state index in [4.69, 9.17) is 4.42 Å². The number of halogens is 2. The van der Waals surface area contributed by atoms with Crippen molar-refractivity contribution in [3.8, 4) is 11.5 Å². The minimum Gasteiger partial charge on any atom is -0.441 e. The van der Waals surface area contributed by atoms with Gasteiger partial charge in [-0.15, -0.1) is 0 Å². The van der Waals surface area contributed by atoms with Crippen LogP contribution in [0.25, 0.3) is 11.5 Å². The van der Waals surface area contributed by atoms with E-state index < -0.39 is 0 Å². The number of hydrogen-bond donors (Lipinski definition) is 1. The predicted molar refractivity (Wildman–Crippen MR) is 90.9 cm³/mol. The van der Waals surface area contributed by atoms with Crippen LogP contribution in [0.3, 0.4) is 0 Å². The Morgan fingerprint density at radius 3 is 2.67 bits per heavy atom. The fourth-order valence-electron chi connectivity index (χ4n) is 2.12. The summed E-state index contributed by atoms with van der Waals surface area (Å²) in [6.45, 7) is 1.74. The Morgan fingerprint density at radius 2 is 2.00 bits per heavy atom. The summed E-state index contributed by atoms with van der Waals surface area (Å²) in [5.41, 5.74) is 1.79. The summed E-state index contributed by atoms with van der Waals surface area (Å²) in [4.78, 5) is 20.5. The van der Waals surface area contributed by atoms with Crippen molar-refractivity contribution in [1.82, 2.24) is 9.97 Å². The highest BCUT2D eigenvalue weighted by molar-refractivity contribution is 9.10. The number of nitrogens with zero attached hydrogens (tertiary/aromatic N) is 2. The molecule has 3 aromatic rings. The first kappa shape index (κ1) is 16.3. The van der Waals surface area contributed by atoms with E-state index in [1.807, 2.05) is 0 Å². The molecule has 0 bridgehead atoms. The van der Waals surface area contributed by atoms with Gasteiger partial charge < -0.3 is 9.73 Å². The average molecular weight is 390 g/mol. The lowest BCUT2D eigenvalue weighted by Gasteiger charge is -2.03. The molecule has 0 unspecified atom stereocenters. The summed E-state index contributed by atoms with van der Waals surface area (Å²) in [7, 11) is 0. The van der Waals surface area contributed by atoms with E-state index >= 15 is 0 Å². The molecule has 5 nitrogen and oxygen atoms in total. The molecule has 0 spiro atoms. The standard InChI is InChI=1S/C17H13BrFN3O2/c1-10-14(8-16(23)21-13-6-7-15(18)20-9-13)22-17(24-10)11-2-4-12(19)5-3-11/h2-7,9H,8H2,1H3,(H,21,23). The number of benzene rings is 1. The van der Waals surface area contributed by atoms with Crippen LogP contribution in [-0.2, 0) is 11.2 Å². The summed E-state index contributed by atoms with van der Waals surface area (Å²) in [6.07, 6.45) is 1.63. The summed E-state index contributed by atoms with van der Waals surface area (Å²) in [6, 6.07) is 9.32. The molecule has 1 amide bonds. The van der Waals surface area contributed by atoms with Crippen molar-refractivity contribution in [2.24, 2.45) is 0 Å². The number of nitrogens with one attached hydrogen (secondary N) is 1. The molecule has 0 saturated heterocycles. The number of aromatic nitrogens is 2. The van der Waals surface area contributed by atoms with Gasteiger partial charge in [-0.3, -0.25) is 4.79 Å². The zero-order chi connectivity index (χ0) is 17.1. The predicted octanol–water partition coefficient (Wildman–Crippen LogP) is 4.13. The van der Waals surface area contributed by atoms with E-state index in [0.717, 1.165) is 0 Å². The van der Waals surface area contributed by atoms with Gasteiger partial charge in [-0.1, -0.05) is 0 Å². The second-order valence-corrected chi connectivity index (χ2v) is 5.94. The number of carbonyl (C=O) groups is 1. The monoisotopic (exact) mass is 389 g/mol. The minimum absolute atomic E-state index is 0.0760. The van der Waals surface area contributed by atoms with E-state index in [1.165, 1.54) is 12.1 Å². The molecule has 0 fully saturated rings. The Hall–Kier alpha value is -2.54. The SMILES string of the molecule is Cc1oc(-c2ccc(F)cc2)nc1CC(=O)Nc1ccc(Br)nc1. The zero-order valence-corrected chi connectivity index (χ0v) is 14.3. The summed E-state index contributed by atoms with van der Waals surface area (Å²) >= 11 is 3.23. The van der Waals surface area contributed by atoms with E-state index in [-0.39, 0.29) is 18.1 Å². The Labute approximate surface area is 146 Å². The molecule has 0 saturated carbocycles. The molecular weight excluding hydrogens is 377 g/mol. The van der Waals surface area contributed by atoms with Crippen LogP contribution in [0.1, 0.15) is 11.5 Å². The highest BCUT2D eigenvalue weighted by Gasteiger charge is 2.15. The molecule has 0 aliphatic heterocycles. The Balaban J connectivity index is 1.72. The first-order valence-electron chi connectivity index (χ1n) is 7.15. The Kier molecular flexibility index (Phi) is 4.71. The molecular formula is C17H13BrFN3O2. The fourth-order valence-corrected chi connectivity index (χ4v) is 2.35. The third-order valence-electron chi connectivity index (χ3n) is 3.32. The molecule has 7 heteroatoms. The second kappa shape index (κ2) is 6.92. The van der Waals surface area contributed by atoms with E-state index in [2.05, 4.69) is 31.2 Å². The van der Waals surface area contributed by atoms with Crippen LogP contribution in [0.5, 0.6) is 0 Å². The van der Waals surface area contributed by atoms with Crippen LogP contribution < -0.4 is 5.32 Å². The quantitative estimate of drug-likeness (QED) is 0.681. The maximum atomic E-state index is 13.0. The first-order chi connectivity index (χ1) is 11.5. The van der Waals surface area contributed by atoms with Crippen LogP contribution in [0, 0.1) is 12.7 Å². The molecule has 0 aliphatic rings. The summed E-state index contributed by atoms with van der Waals surface area (Å²) < 4.78 is 19.2. The second-order valence-electron chi connectivity index (χ2n) is 5.12. The third-order valence-corrected chi connectivity index (χ3v) is 3.79. The molecule has 2 aromatic heterocycles. The van der Waals surface area contributed by atoms with Gasteiger partial charge in [0.05, 0.1) is 24.0 Å². The first-order valence-corrected chi connectivity index (χ1v) is 7.94. The van der Waals surface area contributed by atoms with Gasteiger partial charge in [0.1, 0.15) is 16.2 Å². The number of hydrogen-bond acceptors (Lipinski definition) is 4. The number of aryl methyl sites for hydroxylation is 1. The molecule has 122 valence electrons. The molecule has 0 aliphatic carbocycles. The van der Waals surface area contributed by atoms with Crippen molar-refractivity contribution < 1.29 is 13.6 Å². The fraction of sp³-hybridized carbons (Fsp3) is 0.118. The van der Waals surface area contributed by atoms with Gasteiger partial charge in [0.25, 0.3) is 0 Å². The van der Waals surface area contributed by atoms with Crippen LogP contribution in [0.15, 0.2) is 51.6 Å². The van der Waals surface area contributed by atoms with E-state index in [0.29, 0.717) is 33.2 Å². The number of rotatable bonds is 4. The zero-order valence-electron chi connectivity index (χ0n) is 12.7. The minimum atomic E-state index is -0.329. The lowest BCUT2D eigenvalue weighted by molar-refractivity contribution is -0.115. The van der Waals surface area contributed by atoms with E-state index in [9.17, 15) is 9.18 Å². The summed E-state index contributed by atoms with van der Waals surface area (Å²) in [5, 5.41) is 2.75. The van der Waals surface area contributed by atoms with Gasteiger partial charge in [-0.05, 0) is 59.3 Å². The highest BCUT2D eigenvalue weighted by atomic mass is 79.9. The van der Waals surface area contributed by atoms with Crippen LogP contribution >= 0.6 is 15.9 Å². The van der Waals surface area contributed by atoms with Gasteiger partial charge in [0, 0.05) is 5.56 Å². The van der Waals surface area contributed by atoms with E-state index in [1.54, 1.807) is 37.4 Å². The molecule has 24 heavy (non-hydrogen) atoms. The molecule has 1 aromatic carbocycles. The van der Waals surface area contributed by atoms with Gasteiger partial charge in [0.2, 0.25) is 11.8 Å². The number of amides is 1. The normalized spacial score (nSPS) is 10.6. The molecule has 1 N–H and O–H groups in total. The number of pyridine rings is 1. The smallest absolute Gasteiger partial charge is 0.230 e. The molecule has 0 atom stereocenters. The molecule has 3 rings (SSSR count). The van der Waals surface area contributed by atoms with Gasteiger partial charge >= 0.3 is 0 Å². The van der Waals surface area contributed by atoms with Crippen molar-refractivity contribution >= 4 is 27.5 Å². The highest BCUT2D eigenvalue weighted by Crippen LogP contribution is 2.22. The summed E-state index contributed by atoms with van der Waals surface area (Å²) in [5.74, 6) is 0.366. The van der Waals surface area contributed by atoms with Crippen LogP contribution in [0.4, 0.5) is 10.1 Å². The molecule has 0 radical (unpaired) electrons. The molecule has 2 heterocycles. The third kappa shape index (κ3) is 3.86. The van der Waals surface area contributed by atoms with Crippen molar-refractivity contribution in [3.05, 3.63) is 64.5 Å². The maximum Gasteiger partial charge on any atom is 0.230 e. The van der Waals surface area contributed by atoms with Gasteiger partial charge in [-0.25, -0.2) is 14.4 Å². The van der Waals surface area contributed by atoms with Gasteiger partial charge in [-0.2, -0.15) is 0 Å². The number of oxazole rings is 1. The van der Waals surface area contributed by atoms with Crippen molar-refractivity contribution in [3.63, 3.8) is 0 Å². The maximum absolute atomic E-state index is 13.0. The van der Waals surface area contributed by atoms with Crippen molar-refractivity contribution in [2.75, 3.05) is 5.32 Å². The topological polar surface area (TPSA) is 68.0 Å². The van der Waals surface area contributed by atoms with Crippen molar-refractivity contribution in [2.45, 2.75) is 13.3 Å². The van der Waals surface area contributed by atoms with Crippen LogP contribution in [-0.4, -0.2) is 15.9 Å². The lowest BCUT2D eigenvalue weighted by Crippen LogP contribution is -2.15. The Bertz CT molecular complexity index is 861. The number of carbonyl (C=O) groups excluding carboxylic acids is 1.